The molecule has 0 saturated carbocycles. The summed E-state index contributed by atoms with van der Waals surface area (Å²) >= 11 is 0. The van der Waals surface area contributed by atoms with Crippen LogP contribution in [0.5, 0.6) is 0 Å². The predicted molar refractivity (Wildman–Crippen MR) is 109 cm³/mol. The number of aryl methyl sites for hydroxylation is 1. The van der Waals surface area contributed by atoms with Crippen LogP contribution < -0.4 is 5.32 Å². The van der Waals surface area contributed by atoms with Crippen LogP contribution in [0.1, 0.15) is 29.7 Å². The maximum atomic E-state index is 13.6. The second kappa shape index (κ2) is 7.08. The van der Waals surface area contributed by atoms with E-state index in [2.05, 4.69) is 44.1 Å². The molecule has 0 radical (unpaired) electrons. The molecule has 0 bridgehead atoms. The van der Waals surface area contributed by atoms with Crippen molar-refractivity contribution in [2.24, 2.45) is 0 Å². The minimum Gasteiger partial charge on any atom is -0.339 e. The summed E-state index contributed by atoms with van der Waals surface area (Å²) in [5.41, 5.74) is 5.58. The van der Waals surface area contributed by atoms with E-state index in [0.717, 1.165) is 36.2 Å². The molecule has 2 aromatic heterocycles. The van der Waals surface area contributed by atoms with Gasteiger partial charge in [-0.2, -0.15) is 0 Å². The number of rotatable bonds is 4. The summed E-state index contributed by atoms with van der Waals surface area (Å²) in [6.45, 7) is 0.795. The van der Waals surface area contributed by atoms with Crippen LogP contribution in [0.2, 0.25) is 0 Å². The number of nitrogens with zero attached hydrogens (tertiary/aromatic N) is 3. The van der Waals surface area contributed by atoms with Gasteiger partial charge in [0, 0.05) is 17.9 Å². The zero-order valence-corrected chi connectivity index (χ0v) is 15.5. The highest BCUT2D eigenvalue weighted by Crippen LogP contribution is 2.36. The fourth-order valence-electron chi connectivity index (χ4n) is 4.18. The SMILES string of the molecule is Fc1cccc(Nc2ncnc3c2c2c(n3Cc3ccccc3)CCCC2)c1. The highest BCUT2D eigenvalue weighted by molar-refractivity contribution is 5.94. The number of hydrogen-bond acceptors (Lipinski definition) is 3. The van der Waals surface area contributed by atoms with Gasteiger partial charge in [0.1, 0.15) is 23.6 Å². The summed E-state index contributed by atoms with van der Waals surface area (Å²) < 4.78 is 16.0. The fourth-order valence-corrected chi connectivity index (χ4v) is 4.18. The molecule has 5 rings (SSSR count). The quantitative estimate of drug-likeness (QED) is 0.533. The molecule has 0 unspecified atom stereocenters. The van der Waals surface area contributed by atoms with E-state index in [1.54, 1.807) is 12.4 Å². The van der Waals surface area contributed by atoms with Crippen molar-refractivity contribution >= 4 is 22.5 Å². The van der Waals surface area contributed by atoms with Gasteiger partial charge >= 0.3 is 0 Å². The number of aromatic nitrogens is 3. The minimum absolute atomic E-state index is 0.265. The largest absolute Gasteiger partial charge is 0.339 e. The fraction of sp³-hybridized carbons (Fsp3) is 0.217. The molecule has 1 aliphatic rings. The van der Waals surface area contributed by atoms with Gasteiger partial charge in [0.2, 0.25) is 0 Å². The second-order valence-electron chi connectivity index (χ2n) is 7.26. The van der Waals surface area contributed by atoms with Crippen LogP contribution in [0, 0.1) is 5.82 Å². The first-order chi connectivity index (χ1) is 13.8. The Morgan fingerprint density at radius 1 is 0.964 bits per heavy atom. The number of nitrogens with one attached hydrogen (secondary N) is 1. The van der Waals surface area contributed by atoms with Gasteiger partial charge in [-0.3, -0.25) is 0 Å². The van der Waals surface area contributed by atoms with Crippen LogP contribution in [0.3, 0.4) is 0 Å². The Morgan fingerprint density at radius 3 is 2.68 bits per heavy atom. The summed E-state index contributed by atoms with van der Waals surface area (Å²) in [6, 6.07) is 17.0. The summed E-state index contributed by atoms with van der Waals surface area (Å²) in [4.78, 5) is 9.14. The molecule has 0 amide bonds. The molecular formula is C23H21FN4. The molecule has 28 heavy (non-hydrogen) atoms. The topological polar surface area (TPSA) is 42.7 Å². The van der Waals surface area contributed by atoms with Crippen LogP contribution in [0.25, 0.3) is 11.0 Å². The number of halogens is 1. The molecule has 2 aromatic carbocycles. The summed E-state index contributed by atoms with van der Waals surface area (Å²) in [5.74, 6) is 0.486. The molecule has 5 heteroatoms. The van der Waals surface area contributed by atoms with Gasteiger partial charge in [-0.25, -0.2) is 14.4 Å². The van der Waals surface area contributed by atoms with E-state index in [1.807, 2.05) is 12.1 Å². The molecule has 1 N–H and O–H groups in total. The molecule has 4 aromatic rings. The van der Waals surface area contributed by atoms with E-state index in [-0.39, 0.29) is 5.82 Å². The highest BCUT2D eigenvalue weighted by Gasteiger charge is 2.23. The van der Waals surface area contributed by atoms with Gasteiger partial charge < -0.3 is 9.88 Å². The molecule has 2 heterocycles. The predicted octanol–water partition coefficient (Wildman–Crippen LogP) is 5.24. The lowest BCUT2D eigenvalue weighted by atomic mass is 9.96. The average molecular weight is 372 g/mol. The van der Waals surface area contributed by atoms with Gasteiger partial charge in [-0.1, -0.05) is 36.4 Å². The van der Waals surface area contributed by atoms with Crippen LogP contribution in [0.4, 0.5) is 15.9 Å². The summed E-state index contributed by atoms with van der Waals surface area (Å²) in [5, 5.41) is 4.38. The van der Waals surface area contributed by atoms with Gasteiger partial charge in [-0.05, 0) is 55.0 Å². The highest BCUT2D eigenvalue weighted by atomic mass is 19.1. The average Bonchev–Trinajstić information content (AvgIpc) is 3.04. The molecule has 0 atom stereocenters. The van der Waals surface area contributed by atoms with E-state index >= 15 is 0 Å². The first-order valence-corrected chi connectivity index (χ1v) is 9.71. The summed E-state index contributed by atoms with van der Waals surface area (Å²) in [6.07, 6.45) is 6.04. The normalized spacial score (nSPS) is 13.5. The Hall–Kier alpha value is -3.21. The third kappa shape index (κ3) is 3.03. The van der Waals surface area contributed by atoms with Crippen molar-refractivity contribution in [3.8, 4) is 0 Å². The van der Waals surface area contributed by atoms with Crippen LogP contribution in [-0.2, 0) is 19.4 Å². The monoisotopic (exact) mass is 372 g/mol. The van der Waals surface area contributed by atoms with Crippen LogP contribution in [0.15, 0.2) is 60.9 Å². The first kappa shape index (κ1) is 16.9. The number of fused-ring (bicyclic) bond motifs is 3. The molecule has 140 valence electrons. The maximum Gasteiger partial charge on any atom is 0.146 e. The molecule has 0 spiro atoms. The lowest BCUT2D eigenvalue weighted by Crippen LogP contribution is -2.09. The van der Waals surface area contributed by atoms with Gasteiger partial charge in [0.05, 0.1) is 5.39 Å². The molecule has 0 saturated heterocycles. The van der Waals surface area contributed by atoms with E-state index < -0.39 is 0 Å². The van der Waals surface area contributed by atoms with E-state index in [4.69, 9.17) is 0 Å². The lowest BCUT2D eigenvalue weighted by Gasteiger charge is -2.15. The number of benzene rings is 2. The van der Waals surface area contributed by atoms with Crippen molar-refractivity contribution < 1.29 is 4.39 Å². The van der Waals surface area contributed by atoms with Crippen LogP contribution in [-0.4, -0.2) is 14.5 Å². The van der Waals surface area contributed by atoms with Crippen molar-refractivity contribution in [2.45, 2.75) is 32.2 Å². The Morgan fingerprint density at radius 2 is 1.82 bits per heavy atom. The smallest absolute Gasteiger partial charge is 0.146 e. The molecule has 0 aliphatic heterocycles. The summed E-state index contributed by atoms with van der Waals surface area (Å²) in [7, 11) is 0. The first-order valence-electron chi connectivity index (χ1n) is 9.71. The van der Waals surface area contributed by atoms with Crippen LogP contribution >= 0.6 is 0 Å². The third-order valence-electron chi connectivity index (χ3n) is 5.42. The Kier molecular flexibility index (Phi) is 4.28. The molecule has 1 aliphatic carbocycles. The Labute approximate surface area is 163 Å². The van der Waals surface area contributed by atoms with E-state index in [0.29, 0.717) is 5.69 Å². The maximum absolute atomic E-state index is 13.6. The Bertz CT molecular complexity index is 1130. The lowest BCUT2D eigenvalue weighted by molar-refractivity contribution is 0.628. The zero-order valence-electron chi connectivity index (χ0n) is 15.5. The molecular weight excluding hydrogens is 351 g/mol. The van der Waals surface area contributed by atoms with E-state index in [1.165, 1.54) is 41.8 Å². The van der Waals surface area contributed by atoms with Crippen molar-refractivity contribution in [3.63, 3.8) is 0 Å². The number of anilines is 2. The van der Waals surface area contributed by atoms with Crippen molar-refractivity contribution in [1.82, 2.24) is 14.5 Å². The Balaban J connectivity index is 1.65. The minimum atomic E-state index is -0.265. The van der Waals surface area contributed by atoms with E-state index in [9.17, 15) is 4.39 Å². The van der Waals surface area contributed by atoms with Crippen molar-refractivity contribution in [3.05, 3.63) is 83.6 Å². The second-order valence-corrected chi connectivity index (χ2v) is 7.26. The van der Waals surface area contributed by atoms with Crippen molar-refractivity contribution in [2.75, 3.05) is 5.32 Å². The zero-order chi connectivity index (χ0) is 18.9. The number of hydrogen-bond donors (Lipinski definition) is 1. The van der Waals surface area contributed by atoms with Gasteiger partial charge in [0.25, 0.3) is 0 Å². The standard InChI is InChI=1S/C23H21FN4/c24-17-9-6-10-18(13-17)27-22-21-19-11-4-5-12-20(19)28(23(21)26-15-25-22)14-16-7-2-1-3-8-16/h1-3,6-10,13,15H,4-5,11-12,14H2,(H,25,26,27). The third-order valence-corrected chi connectivity index (χ3v) is 5.42. The molecule has 4 nitrogen and oxygen atoms in total. The van der Waals surface area contributed by atoms with Crippen molar-refractivity contribution in [1.29, 1.82) is 0 Å². The molecule has 0 fully saturated rings. The van der Waals surface area contributed by atoms with Gasteiger partial charge in [0.15, 0.2) is 0 Å². The van der Waals surface area contributed by atoms with Gasteiger partial charge in [-0.15, -0.1) is 0 Å².